The van der Waals surface area contributed by atoms with Crippen molar-refractivity contribution in [2.24, 2.45) is 5.92 Å². The summed E-state index contributed by atoms with van der Waals surface area (Å²) in [6.45, 7) is 10.9. The number of rotatable bonds is 7. The second kappa shape index (κ2) is 8.52. The number of amides is 2. The maximum Gasteiger partial charge on any atom is 0.317 e. The minimum Gasteiger partial charge on any atom is -0.338 e. The van der Waals surface area contributed by atoms with Gasteiger partial charge in [0, 0.05) is 32.0 Å². The number of benzene rings is 1. The Bertz CT molecular complexity index is 663. The fourth-order valence-electron chi connectivity index (χ4n) is 2.74. The number of hydrogen-bond donors (Lipinski definition) is 1. The standard InChI is InChI=1S/C19H28N4O/c1-5-20-19(24)23(12-15(2)3)14-18-21-9-10-22(18)13-17-8-6-7-16(4)11-17/h6-11,15H,5,12-14H2,1-4H3,(H,20,24). The molecule has 0 radical (unpaired) electrons. The van der Waals surface area contributed by atoms with Gasteiger partial charge in [-0.25, -0.2) is 9.78 Å². The first-order valence-corrected chi connectivity index (χ1v) is 8.58. The highest BCUT2D eigenvalue weighted by atomic mass is 16.2. The molecule has 5 nitrogen and oxygen atoms in total. The minimum absolute atomic E-state index is 0.0312. The number of carbonyl (C=O) groups excluding carboxylic acids is 1. The third kappa shape index (κ3) is 5.11. The summed E-state index contributed by atoms with van der Waals surface area (Å²) in [6, 6.07) is 8.43. The number of urea groups is 1. The molecule has 0 aliphatic carbocycles. The average molecular weight is 328 g/mol. The van der Waals surface area contributed by atoms with Crippen molar-refractivity contribution in [1.82, 2.24) is 19.8 Å². The quantitative estimate of drug-likeness (QED) is 0.846. The summed E-state index contributed by atoms with van der Waals surface area (Å²) in [4.78, 5) is 18.6. The molecule has 130 valence electrons. The molecule has 24 heavy (non-hydrogen) atoms. The van der Waals surface area contributed by atoms with Gasteiger partial charge in [0.1, 0.15) is 5.82 Å². The van der Waals surface area contributed by atoms with E-state index in [1.54, 1.807) is 6.20 Å². The molecule has 1 aromatic heterocycles. The summed E-state index contributed by atoms with van der Waals surface area (Å²) in [5.41, 5.74) is 2.49. The lowest BCUT2D eigenvalue weighted by Crippen LogP contribution is -2.41. The normalized spacial score (nSPS) is 10.9. The van der Waals surface area contributed by atoms with E-state index in [-0.39, 0.29) is 6.03 Å². The van der Waals surface area contributed by atoms with E-state index in [2.05, 4.69) is 59.9 Å². The summed E-state index contributed by atoms with van der Waals surface area (Å²) in [5, 5.41) is 2.89. The predicted molar refractivity (Wildman–Crippen MR) is 96.8 cm³/mol. The average Bonchev–Trinajstić information content (AvgIpc) is 2.93. The maximum atomic E-state index is 12.3. The molecular formula is C19H28N4O. The molecule has 2 amide bonds. The number of carbonyl (C=O) groups is 1. The van der Waals surface area contributed by atoms with E-state index < -0.39 is 0 Å². The predicted octanol–water partition coefficient (Wildman–Crippen LogP) is 3.43. The Balaban J connectivity index is 2.13. The van der Waals surface area contributed by atoms with Crippen molar-refractivity contribution in [2.75, 3.05) is 13.1 Å². The highest BCUT2D eigenvalue weighted by Gasteiger charge is 2.17. The lowest BCUT2D eigenvalue weighted by atomic mass is 10.1. The van der Waals surface area contributed by atoms with Gasteiger partial charge in [0.25, 0.3) is 0 Å². The second-order valence-corrected chi connectivity index (χ2v) is 6.57. The Hall–Kier alpha value is -2.30. The van der Waals surface area contributed by atoms with Gasteiger partial charge >= 0.3 is 6.03 Å². The molecule has 0 spiro atoms. The SMILES string of the molecule is CCNC(=O)N(Cc1nccn1Cc1cccc(C)c1)CC(C)C. The Kier molecular flexibility index (Phi) is 6.41. The van der Waals surface area contributed by atoms with Crippen molar-refractivity contribution in [3.05, 3.63) is 53.6 Å². The van der Waals surface area contributed by atoms with Crippen LogP contribution in [0.1, 0.15) is 37.7 Å². The first-order valence-electron chi connectivity index (χ1n) is 8.58. The van der Waals surface area contributed by atoms with Crippen LogP contribution < -0.4 is 5.32 Å². The molecule has 2 aromatic rings. The first-order chi connectivity index (χ1) is 11.5. The molecule has 0 aliphatic heterocycles. The Morgan fingerprint density at radius 2 is 2.17 bits per heavy atom. The van der Waals surface area contributed by atoms with Crippen LogP contribution in [-0.4, -0.2) is 33.6 Å². The van der Waals surface area contributed by atoms with Gasteiger partial charge in [-0.1, -0.05) is 43.7 Å². The Labute approximate surface area is 144 Å². The summed E-state index contributed by atoms with van der Waals surface area (Å²) in [7, 11) is 0. The number of nitrogens with zero attached hydrogens (tertiary/aromatic N) is 3. The van der Waals surface area contributed by atoms with Crippen LogP contribution in [0.4, 0.5) is 4.79 Å². The molecule has 0 atom stereocenters. The fourth-order valence-corrected chi connectivity index (χ4v) is 2.74. The van der Waals surface area contributed by atoms with Gasteiger partial charge in [-0.05, 0) is 25.3 Å². The molecule has 0 bridgehead atoms. The van der Waals surface area contributed by atoms with Gasteiger partial charge in [0.15, 0.2) is 0 Å². The third-order valence-corrected chi connectivity index (χ3v) is 3.77. The summed E-state index contributed by atoms with van der Waals surface area (Å²) < 4.78 is 2.11. The third-order valence-electron chi connectivity index (χ3n) is 3.77. The molecule has 2 rings (SSSR count). The summed E-state index contributed by atoms with van der Waals surface area (Å²) in [6.07, 6.45) is 3.78. The van der Waals surface area contributed by atoms with Gasteiger partial charge in [-0.2, -0.15) is 0 Å². The first kappa shape index (κ1) is 18.0. The fraction of sp³-hybridized carbons (Fsp3) is 0.474. The van der Waals surface area contributed by atoms with Crippen molar-refractivity contribution < 1.29 is 4.79 Å². The van der Waals surface area contributed by atoms with Gasteiger partial charge in [0.05, 0.1) is 6.54 Å². The van der Waals surface area contributed by atoms with Gasteiger partial charge in [-0.15, -0.1) is 0 Å². The van der Waals surface area contributed by atoms with Gasteiger partial charge in [-0.3, -0.25) is 0 Å². The molecule has 0 saturated heterocycles. The van der Waals surface area contributed by atoms with Crippen LogP contribution in [0.15, 0.2) is 36.7 Å². The zero-order chi connectivity index (χ0) is 17.5. The van der Waals surface area contributed by atoms with Crippen molar-refractivity contribution in [3.63, 3.8) is 0 Å². The molecule has 0 aliphatic rings. The number of imidazole rings is 1. The van der Waals surface area contributed by atoms with Crippen LogP contribution in [0.5, 0.6) is 0 Å². The lowest BCUT2D eigenvalue weighted by Gasteiger charge is -2.24. The number of hydrogen-bond acceptors (Lipinski definition) is 2. The van der Waals surface area contributed by atoms with Crippen LogP contribution in [0, 0.1) is 12.8 Å². The molecule has 5 heteroatoms. The minimum atomic E-state index is -0.0312. The zero-order valence-electron chi connectivity index (χ0n) is 15.1. The van der Waals surface area contributed by atoms with E-state index >= 15 is 0 Å². The molecule has 1 heterocycles. The Morgan fingerprint density at radius 3 is 2.83 bits per heavy atom. The van der Waals surface area contributed by atoms with Crippen LogP contribution in [0.3, 0.4) is 0 Å². The van der Waals surface area contributed by atoms with E-state index in [0.29, 0.717) is 25.6 Å². The number of aromatic nitrogens is 2. The van der Waals surface area contributed by atoms with Crippen molar-refractivity contribution in [2.45, 2.75) is 40.8 Å². The molecule has 0 saturated carbocycles. The lowest BCUT2D eigenvalue weighted by molar-refractivity contribution is 0.186. The maximum absolute atomic E-state index is 12.3. The highest BCUT2D eigenvalue weighted by molar-refractivity contribution is 5.74. The highest BCUT2D eigenvalue weighted by Crippen LogP contribution is 2.11. The summed E-state index contributed by atoms with van der Waals surface area (Å²) >= 11 is 0. The van der Waals surface area contributed by atoms with Crippen LogP contribution in [-0.2, 0) is 13.1 Å². The summed E-state index contributed by atoms with van der Waals surface area (Å²) in [5.74, 6) is 1.32. The van der Waals surface area contributed by atoms with E-state index in [4.69, 9.17) is 0 Å². The van der Waals surface area contributed by atoms with Crippen LogP contribution in [0.2, 0.25) is 0 Å². The van der Waals surface area contributed by atoms with E-state index in [0.717, 1.165) is 12.4 Å². The van der Waals surface area contributed by atoms with Gasteiger partial charge in [0.2, 0.25) is 0 Å². The molecule has 0 unspecified atom stereocenters. The smallest absolute Gasteiger partial charge is 0.317 e. The van der Waals surface area contributed by atoms with E-state index in [1.165, 1.54) is 11.1 Å². The van der Waals surface area contributed by atoms with Crippen molar-refractivity contribution >= 4 is 6.03 Å². The molecule has 0 fully saturated rings. The van der Waals surface area contributed by atoms with Crippen LogP contribution >= 0.6 is 0 Å². The number of aryl methyl sites for hydroxylation is 1. The second-order valence-electron chi connectivity index (χ2n) is 6.57. The molecule has 1 N–H and O–H groups in total. The van der Waals surface area contributed by atoms with E-state index in [9.17, 15) is 4.79 Å². The number of nitrogens with one attached hydrogen (secondary N) is 1. The monoisotopic (exact) mass is 328 g/mol. The van der Waals surface area contributed by atoms with Crippen molar-refractivity contribution in [3.8, 4) is 0 Å². The largest absolute Gasteiger partial charge is 0.338 e. The van der Waals surface area contributed by atoms with Crippen LogP contribution in [0.25, 0.3) is 0 Å². The Morgan fingerprint density at radius 1 is 1.38 bits per heavy atom. The van der Waals surface area contributed by atoms with Gasteiger partial charge < -0.3 is 14.8 Å². The molecular weight excluding hydrogens is 300 g/mol. The zero-order valence-corrected chi connectivity index (χ0v) is 15.1. The molecule has 1 aromatic carbocycles. The topological polar surface area (TPSA) is 50.2 Å². The van der Waals surface area contributed by atoms with Crippen molar-refractivity contribution in [1.29, 1.82) is 0 Å². The van der Waals surface area contributed by atoms with E-state index in [1.807, 2.05) is 18.0 Å².